The van der Waals surface area contributed by atoms with Crippen LogP contribution in [0.5, 0.6) is 0 Å². The summed E-state index contributed by atoms with van der Waals surface area (Å²) in [5.74, 6) is 5.02. The van der Waals surface area contributed by atoms with E-state index in [0.29, 0.717) is 0 Å². The third-order valence-electron chi connectivity index (χ3n) is 2.31. The first-order chi connectivity index (χ1) is 5.45. The molecule has 0 aromatic carbocycles. The SMILES string of the molecule is CC#CC(=O)N(C)C(C)(C)CC. The van der Waals surface area contributed by atoms with Crippen molar-refractivity contribution in [2.24, 2.45) is 0 Å². The molecular weight excluding hydrogens is 150 g/mol. The first kappa shape index (κ1) is 11.0. The maximum atomic E-state index is 11.3. The van der Waals surface area contributed by atoms with Crippen molar-refractivity contribution in [1.29, 1.82) is 0 Å². The van der Waals surface area contributed by atoms with Crippen LogP contribution in [0, 0.1) is 11.8 Å². The third-order valence-corrected chi connectivity index (χ3v) is 2.31. The third kappa shape index (κ3) is 2.58. The van der Waals surface area contributed by atoms with E-state index in [1.54, 1.807) is 18.9 Å². The smallest absolute Gasteiger partial charge is 0.298 e. The lowest BCUT2D eigenvalue weighted by molar-refractivity contribution is -0.128. The summed E-state index contributed by atoms with van der Waals surface area (Å²) in [4.78, 5) is 13.0. The first-order valence-corrected chi connectivity index (χ1v) is 4.16. The van der Waals surface area contributed by atoms with Crippen molar-refractivity contribution in [2.75, 3.05) is 7.05 Å². The molecule has 0 atom stereocenters. The molecule has 0 aromatic rings. The van der Waals surface area contributed by atoms with Crippen LogP contribution in [0.4, 0.5) is 0 Å². The second-order valence-electron chi connectivity index (χ2n) is 3.41. The van der Waals surface area contributed by atoms with Gasteiger partial charge in [0.15, 0.2) is 0 Å². The summed E-state index contributed by atoms with van der Waals surface area (Å²) < 4.78 is 0. The summed E-state index contributed by atoms with van der Waals surface area (Å²) in [6, 6.07) is 0. The van der Waals surface area contributed by atoms with Gasteiger partial charge in [0.2, 0.25) is 0 Å². The van der Waals surface area contributed by atoms with E-state index in [2.05, 4.69) is 18.8 Å². The van der Waals surface area contributed by atoms with Gasteiger partial charge in [-0.25, -0.2) is 0 Å². The number of carbonyl (C=O) groups is 1. The Bertz CT molecular complexity index is 220. The average Bonchev–Trinajstić information content (AvgIpc) is 2.03. The summed E-state index contributed by atoms with van der Waals surface area (Å²) >= 11 is 0. The molecule has 0 radical (unpaired) electrons. The second kappa shape index (κ2) is 4.15. The Morgan fingerprint density at radius 3 is 2.33 bits per heavy atom. The Morgan fingerprint density at radius 2 is 2.00 bits per heavy atom. The molecule has 0 aliphatic rings. The lowest BCUT2D eigenvalue weighted by Gasteiger charge is -2.33. The molecule has 0 unspecified atom stereocenters. The number of hydrogen-bond donors (Lipinski definition) is 0. The van der Waals surface area contributed by atoms with Crippen LogP contribution in [0.1, 0.15) is 34.1 Å². The number of carbonyl (C=O) groups excluding carboxylic acids is 1. The first-order valence-electron chi connectivity index (χ1n) is 4.16. The minimum absolute atomic E-state index is 0.0963. The minimum Gasteiger partial charge on any atom is -0.330 e. The van der Waals surface area contributed by atoms with Crippen LogP contribution in [-0.2, 0) is 4.79 Å². The van der Waals surface area contributed by atoms with Gasteiger partial charge in [0, 0.05) is 12.6 Å². The van der Waals surface area contributed by atoms with Crippen LogP contribution in [0.2, 0.25) is 0 Å². The molecule has 0 aliphatic heterocycles. The molecule has 0 rings (SSSR count). The fourth-order valence-electron chi connectivity index (χ4n) is 0.703. The van der Waals surface area contributed by atoms with Crippen molar-refractivity contribution in [2.45, 2.75) is 39.7 Å². The maximum absolute atomic E-state index is 11.3. The van der Waals surface area contributed by atoms with Gasteiger partial charge >= 0.3 is 0 Å². The highest BCUT2D eigenvalue weighted by molar-refractivity contribution is 5.93. The summed E-state index contributed by atoms with van der Waals surface area (Å²) in [6.45, 7) is 7.79. The summed E-state index contributed by atoms with van der Waals surface area (Å²) in [5, 5.41) is 0. The van der Waals surface area contributed by atoms with E-state index in [9.17, 15) is 4.79 Å². The Morgan fingerprint density at radius 1 is 1.50 bits per heavy atom. The normalized spacial score (nSPS) is 10.1. The van der Waals surface area contributed by atoms with Crippen LogP contribution >= 0.6 is 0 Å². The van der Waals surface area contributed by atoms with Crippen LogP contribution in [0.15, 0.2) is 0 Å². The van der Waals surface area contributed by atoms with Gasteiger partial charge in [-0.2, -0.15) is 0 Å². The zero-order chi connectivity index (χ0) is 9.78. The van der Waals surface area contributed by atoms with E-state index < -0.39 is 0 Å². The standard InChI is InChI=1S/C10H17NO/c1-6-8-9(12)11(5)10(3,4)7-2/h7H2,1-5H3. The van der Waals surface area contributed by atoms with Gasteiger partial charge in [-0.05, 0) is 33.1 Å². The van der Waals surface area contributed by atoms with Crippen LogP contribution in [-0.4, -0.2) is 23.4 Å². The van der Waals surface area contributed by atoms with E-state index in [1.807, 2.05) is 13.8 Å². The Kier molecular flexibility index (Phi) is 3.82. The molecule has 0 heterocycles. The quantitative estimate of drug-likeness (QED) is 0.573. The summed E-state index contributed by atoms with van der Waals surface area (Å²) in [6.07, 6.45) is 0.931. The number of rotatable bonds is 2. The largest absolute Gasteiger partial charge is 0.330 e. The molecule has 0 spiro atoms. The van der Waals surface area contributed by atoms with Crippen LogP contribution in [0.25, 0.3) is 0 Å². The van der Waals surface area contributed by atoms with Crippen LogP contribution < -0.4 is 0 Å². The van der Waals surface area contributed by atoms with E-state index >= 15 is 0 Å². The Labute approximate surface area is 74.9 Å². The highest BCUT2D eigenvalue weighted by Gasteiger charge is 2.24. The summed E-state index contributed by atoms with van der Waals surface area (Å²) in [7, 11) is 1.79. The fraction of sp³-hybridized carbons (Fsp3) is 0.700. The monoisotopic (exact) mass is 167 g/mol. The molecule has 0 N–H and O–H groups in total. The molecule has 2 nitrogen and oxygen atoms in total. The molecule has 1 amide bonds. The van der Waals surface area contributed by atoms with Crippen molar-refractivity contribution < 1.29 is 4.79 Å². The van der Waals surface area contributed by atoms with Crippen molar-refractivity contribution in [3.63, 3.8) is 0 Å². The molecule has 0 aromatic heterocycles. The lowest BCUT2D eigenvalue weighted by Crippen LogP contribution is -2.43. The molecule has 0 saturated heterocycles. The van der Waals surface area contributed by atoms with Gasteiger partial charge in [-0.1, -0.05) is 12.8 Å². The molecule has 12 heavy (non-hydrogen) atoms. The number of amides is 1. The highest BCUT2D eigenvalue weighted by atomic mass is 16.2. The molecule has 0 bridgehead atoms. The van der Waals surface area contributed by atoms with Crippen molar-refractivity contribution in [1.82, 2.24) is 4.90 Å². The van der Waals surface area contributed by atoms with E-state index in [4.69, 9.17) is 0 Å². The van der Waals surface area contributed by atoms with Gasteiger partial charge in [0.25, 0.3) is 5.91 Å². The van der Waals surface area contributed by atoms with Gasteiger partial charge in [-0.15, -0.1) is 0 Å². The predicted molar refractivity (Wildman–Crippen MR) is 50.6 cm³/mol. The van der Waals surface area contributed by atoms with Gasteiger partial charge in [0.1, 0.15) is 0 Å². The van der Waals surface area contributed by atoms with Gasteiger partial charge in [0.05, 0.1) is 0 Å². The van der Waals surface area contributed by atoms with Gasteiger partial charge < -0.3 is 4.90 Å². The Hall–Kier alpha value is -0.970. The molecule has 0 saturated carbocycles. The molecule has 0 fully saturated rings. The van der Waals surface area contributed by atoms with Gasteiger partial charge in [-0.3, -0.25) is 4.79 Å². The Balaban J connectivity index is 4.45. The fourth-order valence-corrected chi connectivity index (χ4v) is 0.703. The zero-order valence-electron chi connectivity index (χ0n) is 8.56. The predicted octanol–water partition coefficient (Wildman–Crippen LogP) is 1.66. The zero-order valence-corrected chi connectivity index (χ0v) is 8.56. The van der Waals surface area contributed by atoms with Crippen molar-refractivity contribution in [3.8, 4) is 11.8 Å². The van der Waals surface area contributed by atoms with E-state index in [1.165, 1.54) is 0 Å². The average molecular weight is 167 g/mol. The topological polar surface area (TPSA) is 20.3 Å². The van der Waals surface area contributed by atoms with Crippen molar-refractivity contribution >= 4 is 5.91 Å². The minimum atomic E-state index is -0.107. The van der Waals surface area contributed by atoms with E-state index in [0.717, 1.165) is 6.42 Å². The maximum Gasteiger partial charge on any atom is 0.298 e. The molecule has 68 valence electrons. The lowest BCUT2D eigenvalue weighted by atomic mass is 10.00. The van der Waals surface area contributed by atoms with E-state index in [-0.39, 0.29) is 11.4 Å². The summed E-state index contributed by atoms with van der Waals surface area (Å²) in [5.41, 5.74) is -0.0963. The van der Waals surface area contributed by atoms with Crippen LogP contribution in [0.3, 0.4) is 0 Å². The van der Waals surface area contributed by atoms with Crippen molar-refractivity contribution in [3.05, 3.63) is 0 Å². The highest BCUT2D eigenvalue weighted by Crippen LogP contribution is 2.15. The molecule has 0 aliphatic carbocycles. The molecular formula is C10H17NO. The molecule has 2 heteroatoms. The second-order valence-corrected chi connectivity index (χ2v) is 3.41. The number of hydrogen-bond acceptors (Lipinski definition) is 1. The number of nitrogens with zero attached hydrogens (tertiary/aromatic N) is 1.